The summed E-state index contributed by atoms with van der Waals surface area (Å²) in [6.07, 6.45) is -0.631. The van der Waals surface area contributed by atoms with E-state index in [0.29, 0.717) is 61.7 Å². The third-order valence-corrected chi connectivity index (χ3v) is 6.75. The number of benzene rings is 1. The number of urea groups is 1. The lowest BCUT2D eigenvalue weighted by molar-refractivity contribution is 0.0114. The fraction of sp³-hybridized carbons (Fsp3) is 0.500. The molecule has 1 aromatic carbocycles. The van der Waals surface area contributed by atoms with E-state index in [1.54, 1.807) is 26.0 Å². The topological polar surface area (TPSA) is 138 Å². The minimum atomic E-state index is -0.631. The molecule has 2 amide bonds. The summed E-state index contributed by atoms with van der Waals surface area (Å²) >= 11 is 0. The predicted molar refractivity (Wildman–Crippen MR) is 151 cm³/mol. The number of aryl methyl sites for hydroxylation is 2. The summed E-state index contributed by atoms with van der Waals surface area (Å²) in [5, 5.41) is 20.6. The average molecular weight is 554 g/mol. The van der Waals surface area contributed by atoms with E-state index in [9.17, 15) is 9.90 Å². The molecule has 12 nitrogen and oxygen atoms in total. The molecule has 0 spiro atoms. The summed E-state index contributed by atoms with van der Waals surface area (Å²) in [6.45, 7) is 8.19. The van der Waals surface area contributed by atoms with Gasteiger partial charge in [-0.25, -0.2) is 14.8 Å². The Kier molecular flexibility index (Phi) is 9.56. The van der Waals surface area contributed by atoms with Gasteiger partial charge in [0.15, 0.2) is 5.82 Å². The number of hydrogen-bond donors (Lipinski definition) is 3. The van der Waals surface area contributed by atoms with Crippen LogP contribution in [0, 0.1) is 20.8 Å². The van der Waals surface area contributed by atoms with Gasteiger partial charge >= 0.3 is 6.03 Å². The van der Waals surface area contributed by atoms with Crippen molar-refractivity contribution in [2.45, 2.75) is 32.9 Å². The second-order valence-electron chi connectivity index (χ2n) is 10.1. The number of carbonyl (C=O) groups is 1. The number of anilines is 1. The van der Waals surface area contributed by atoms with Gasteiger partial charge in [0.05, 0.1) is 36.2 Å². The number of nitrogens with one attached hydrogen (secondary N) is 2. The fourth-order valence-electron chi connectivity index (χ4n) is 4.64. The van der Waals surface area contributed by atoms with E-state index in [0.717, 1.165) is 22.4 Å². The van der Waals surface area contributed by atoms with E-state index in [4.69, 9.17) is 24.0 Å². The van der Waals surface area contributed by atoms with Crippen molar-refractivity contribution in [3.8, 4) is 28.4 Å². The molecule has 0 saturated carbocycles. The Balaban J connectivity index is 1.67. The van der Waals surface area contributed by atoms with Gasteiger partial charge in [0, 0.05) is 44.9 Å². The van der Waals surface area contributed by atoms with Crippen LogP contribution in [-0.4, -0.2) is 109 Å². The molecular formula is C28H39N7O5. The van der Waals surface area contributed by atoms with Crippen LogP contribution in [0.3, 0.4) is 0 Å². The highest BCUT2D eigenvalue weighted by Crippen LogP contribution is 2.33. The number of ether oxygens (including phenoxy) is 2. The highest BCUT2D eigenvalue weighted by molar-refractivity contribution is 5.75. The molecule has 40 heavy (non-hydrogen) atoms. The van der Waals surface area contributed by atoms with Gasteiger partial charge in [-0.1, -0.05) is 17.3 Å². The number of likely N-dealkylation sites (N-methyl/N-ethyl adjacent to an activating group) is 1. The third kappa shape index (κ3) is 6.69. The van der Waals surface area contributed by atoms with Gasteiger partial charge in [0.1, 0.15) is 30.0 Å². The second-order valence-corrected chi connectivity index (χ2v) is 10.1. The summed E-state index contributed by atoms with van der Waals surface area (Å²) in [4.78, 5) is 26.0. The first kappa shape index (κ1) is 29.2. The highest BCUT2D eigenvalue weighted by atomic mass is 16.5. The van der Waals surface area contributed by atoms with Crippen LogP contribution < -0.4 is 15.4 Å². The molecule has 216 valence electrons. The van der Waals surface area contributed by atoms with Crippen LogP contribution in [0.5, 0.6) is 5.75 Å². The molecule has 2 aromatic heterocycles. The number of amides is 2. The van der Waals surface area contributed by atoms with Crippen LogP contribution in [0.25, 0.3) is 22.6 Å². The van der Waals surface area contributed by atoms with E-state index in [2.05, 4.69) is 15.8 Å². The quantitative estimate of drug-likeness (QED) is 0.343. The third-order valence-electron chi connectivity index (χ3n) is 6.75. The molecule has 1 saturated heterocycles. The van der Waals surface area contributed by atoms with Crippen LogP contribution >= 0.6 is 0 Å². The van der Waals surface area contributed by atoms with Gasteiger partial charge in [0.2, 0.25) is 0 Å². The fourth-order valence-corrected chi connectivity index (χ4v) is 4.64. The zero-order valence-corrected chi connectivity index (χ0v) is 24.0. The molecule has 2 unspecified atom stereocenters. The molecule has 1 aliphatic rings. The van der Waals surface area contributed by atoms with E-state index in [1.807, 2.05) is 49.9 Å². The first-order valence-electron chi connectivity index (χ1n) is 13.4. The molecule has 0 bridgehead atoms. The first-order chi connectivity index (χ1) is 19.2. The van der Waals surface area contributed by atoms with Crippen molar-refractivity contribution in [2.75, 3.05) is 65.9 Å². The number of aliphatic hydroxyl groups excluding tert-OH is 1. The van der Waals surface area contributed by atoms with Crippen molar-refractivity contribution in [3.05, 3.63) is 41.3 Å². The number of rotatable bonds is 10. The minimum absolute atomic E-state index is 0.0525. The molecular weight excluding hydrogens is 514 g/mol. The van der Waals surface area contributed by atoms with Crippen molar-refractivity contribution < 1.29 is 23.9 Å². The van der Waals surface area contributed by atoms with Gasteiger partial charge in [-0.3, -0.25) is 0 Å². The van der Waals surface area contributed by atoms with Gasteiger partial charge in [-0.2, -0.15) is 0 Å². The molecule has 0 radical (unpaired) electrons. The standard InChI is InChI=1S/C28H39N7O5/c1-17-25(24-18(2)33-40-19(24)3)31-27(20-8-7-9-23(12-20)39-16-22(36)14-29-4)32-26(17)30-13-21-15-38-11-10-35(21)28(37)34(5)6/h7-9,12,21-22,29,36H,10-11,13-16H2,1-6H3,(H,30,31,32). The number of aliphatic hydroxyl groups is 1. The lowest BCUT2D eigenvalue weighted by Crippen LogP contribution is -2.54. The molecule has 1 aliphatic heterocycles. The smallest absolute Gasteiger partial charge is 0.319 e. The maximum absolute atomic E-state index is 12.8. The maximum Gasteiger partial charge on any atom is 0.319 e. The Hall–Kier alpha value is -3.74. The molecule has 1 fully saturated rings. The molecule has 4 rings (SSSR count). The molecule has 3 aromatic rings. The van der Waals surface area contributed by atoms with Crippen molar-refractivity contribution in [3.63, 3.8) is 0 Å². The molecule has 3 N–H and O–H groups in total. The van der Waals surface area contributed by atoms with Crippen molar-refractivity contribution >= 4 is 11.8 Å². The Morgan fingerprint density at radius 1 is 1.27 bits per heavy atom. The number of aromatic nitrogens is 3. The monoisotopic (exact) mass is 553 g/mol. The van der Waals surface area contributed by atoms with Gasteiger partial charge in [-0.15, -0.1) is 0 Å². The van der Waals surface area contributed by atoms with Gasteiger partial charge < -0.3 is 39.5 Å². The van der Waals surface area contributed by atoms with Crippen LogP contribution in [0.2, 0.25) is 0 Å². The van der Waals surface area contributed by atoms with E-state index in [1.165, 1.54) is 0 Å². The number of nitrogens with zero attached hydrogens (tertiary/aromatic N) is 5. The summed E-state index contributed by atoms with van der Waals surface area (Å²) in [7, 11) is 5.27. The lowest BCUT2D eigenvalue weighted by Gasteiger charge is -2.37. The van der Waals surface area contributed by atoms with E-state index in [-0.39, 0.29) is 18.7 Å². The predicted octanol–water partition coefficient (Wildman–Crippen LogP) is 2.48. The average Bonchev–Trinajstić information content (AvgIpc) is 3.28. The van der Waals surface area contributed by atoms with Crippen molar-refractivity contribution in [2.24, 2.45) is 0 Å². The summed E-state index contributed by atoms with van der Waals surface area (Å²) in [5.41, 5.74) is 3.85. The zero-order chi connectivity index (χ0) is 28.8. The van der Waals surface area contributed by atoms with Crippen molar-refractivity contribution in [1.82, 2.24) is 30.2 Å². The number of morpholine rings is 1. The Labute approximate surface area is 234 Å². The lowest BCUT2D eigenvalue weighted by atomic mass is 10.0. The Bertz CT molecular complexity index is 1290. The molecule has 0 aliphatic carbocycles. The highest BCUT2D eigenvalue weighted by Gasteiger charge is 2.29. The summed E-state index contributed by atoms with van der Waals surface area (Å²) in [6, 6.07) is 7.25. The number of carbonyl (C=O) groups excluding carboxylic acids is 1. The molecule has 3 heterocycles. The first-order valence-corrected chi connectivity index (χ1v) is 13.4. The normalized spacial score (nSPS) is 16.1. The van der Waals surface area contributed by atoms with Crippen LogP contribution in [0.4, 0.5) is 10.6 Å². The van der Waals surface area contributed by atoms with Gasteiger partial charge in [0.25, 0.3) is 0 Å². The number of hydrogen-bond acceptors (Lipinski definition) is 10. The maximum atomic E-state index is 12.8. The summed E-state index contributed by atoms with van der Waals surface area (Å²) < 4.78 is 17.0. The van der Waals surface area contributed by atoms with E-state index < -0.39 is 6.10 Å². The zero-order valence-electron chi connectivity index (χ0n) is 24.0. The Morgan fingerprint density at radius 2 is 2.08 bits per heavy atom. The molecule has 12 heteroatoms. The molecule has 2 atom stereocenters. The Morgan fingerprint density at radius 3 is 2.77 bits per heavy atom. The SMILES string of the molecule is CNCC(O)COc1cccc(-c2nc(NCC3COCCN3C(=O)N(C)C)c(C)c(-c3c(C)noc3C)n2)c1. The van der Waals surface area contributed by atoms with Gasteiger partial charge in [-0.05, 0) is 40.0 Å². The van der Waals surface area contributed by atoms with E-state index >= 15 is 0 Å². The van der Waals surface area contributed by atoms with Crippen LogP contribution in [-0.2, 0) is 4.74 Å². The second kappa shape index (κ2) is 13.1. The minimum Gasteiger partial charge on any atom is -0.491 e. The van der Waals surface area contributed by atoms with Crippen LogP contribution in [0.15, 0.2) is 28.8 Å². The largest absolute Gasteiger partial charge is 0.491 e. The van der Waals surface area contributed by atoms with Crippen LogP contribution in [0.1, 0.15) is 17.0 Å². The summed E-state index contributed by atoms with van der Waals surface area (Å²) in [5.74, 6) is 2.39. The van der Waals surface area contributed by atoms with Crippen molar-refractivity contribution in [1.29, 1.82) is 0 Å².